The molecule has 0 amide bonds. The Morgan fingerprint density at radius 3 is 2.52 bits per heavy atom. The van der Waals surface area contributed by atoms with Crippen LogP contribution in [-0.4, -0.2) is 30.8 Å². The van der Waals surface area contributed by atoms with E-state index in [1.807, 2.05) is 12.1 Å². The van der Waals surface area contributed by atoms with Crippen LogP contribution in [-0.2, 0) is 23.0 Å². The number of rotatable bonds is 3. The maximum absolute atomic E-state index is 10.8. The van der Waals surface area contributed by atoms with Crippen molar-refractivity contribution in [3.8, 4) is 12.3 Å². The zero-order chi connectivity index (χ0) is 16.0. The van der Waals surface area contributed by atoms with E-state index in [9.17, 15) is 18.5 Å². The van der Waals surface area contributed by atoms with Gasteiger partial charge < -0.3 is 0 Å². The zero-order valence-corrected chi connectivity index (χ0v) is 12.3. The van der Waals surface area contributed by atoms with Crippen LogP contribution in [0.1, 0.15) is 17.5 Å². The fourth-order valence-corrected chi connectivity index (χ4v) is 2.05. The normalized spacial score (nSPS) is 12.6. The predicted octanol–water partition coefficient (Wildman–Crippen LogP) is 1.31. The van der Waals surface area contributed by atoms with Crippen molar-refractivity contribution in [3.05, 3.63) is 39.4 Å². The standard InChI is InChI=1S/C12H12N2O2.CH4O3S/c1-2-8-13(14(15)16)12-7-6-10-4-3-5-11(10)9-12;1-5(2,3)4/h1,6-7,9H,3-5,8H2;1H3,(H,2,3,4). The maximum Gasteiger partial charge on any atom is 0.261 e. The summed E-state index contributed by atoms with van der Waals surface area (Å²) in [5.74, 6) is 2.30. The lowest BCUT2D eigenvalue weighted by Crippen LogP contribution is -2.30. The number of hydrogen-bond donors (Lipinski definition) is 1. The highest BCUT2D eigenvalue weighted by atomic mass is 32.2. The smallest absolute Gasteiger partial charge is 0.261 e. The van der Waals surface area contributed by atoms with Crippen LogP contribution in [0.25, 0.3) is 0 Å². The van der Waals surface area contributed by atoms with Crippen LogP contribution in [0.5, 0.6) is 0 Å². The molecule has 0 spiro atoms. The van der Waals surface area contributed by atoms with Crippen molar-refractivity contribution in [3.63, 3.8) is 0 Å². The van der Waals surface area contributed by atoms with E-state index in [1.54, 1.807) is 6.07 Å². The molecule has 1 aliphatic rings. The van der Waals surface area contributed by atoms with E-state index in [2.05, 4.69) is 5.92 Å². The van der Waals surface area contributed by atoms with Crippen LogP contribution in [0.15, 0.2) is 18.2 Å². The van der Waals surface area contributed by atoms with Gasteiger partial charge in [0.25, 0.3) is 10.1 Å². The summed E-state index contributed by atoms with van der Waals surface area (Å²) in [5, 5.41) is 11.4. The summed E-state index contributed by atoms with van der Waals surface area (Å²) in [4.78, 5) is 10.8. The van der Waals surface area contributed by atoms with Crippen molar-refractivity contribution in [1.82, 2.24) is 0 Å². The molecule has 0 bridgehead atoms. The first-order chi connectivity index (χ1) is 9.72. The Balaban J connectivity index is 0.000000383. The molecule has 1 aromatic carbocycles. The molecule has 1 aliphatic carbocycles. The SMILES string of the molecule is C#CCN(c1ccc2c(c1)CCC2)[N+](=O)[O-].CS(=O)(=O)O. The Bertz CT molecular complexity index is 656. The molecule has 114 valence electrons. The summed E-state index contributed by atoms with van der Waals surface area (Å²) in [6.45, 7) is -0.00815. The minimum atomic E-state index is -3.67. The van der Waals surface area contributed by atoms with Gasteiger partial charge in [0.15, 0.2) is 5.03 Å². The van der Waals surface area contributed by atoms with E-state index >= 15 is 0 Å². The van der Waals surface area contributed by atoms with Gasteiger partial charge in [0.05, 0.1) is 6.26 Å². The van der Waals surface area contributed by atoms with Crippen LogP contribution in [0.4, 0.5) is 5.69 Å². The Kier molecular flexibility index (Phi) is 5.69. The first kappa shape index (κ1) is 16.9. The topological polar surface area (TPSA) is 101 Å². The van der Waals surface area contributed by atoms with Crippen molar-refractivity contribution in [2.24, 2.45) is 0 Å². The first-order valence-electron chi connectivity index (χ1n) is 6.12. The molecule has 0 saturated carbocycles. The second-order valence-corrected chi connectivity index (χ2v) is 6.01. The molecule has 0 fully saturated rings. The summed E-state index contributed by atoms with van der Waals surface area (Å²) >= 11 is 0. The minimum absolute atomic E-state index is 0.00815. The molecule has 0 radical (unpaired) electrons. The number of hydrazine groups is 1. The quantitative estimate of drug-likeness (QED) is 0.391. The predicted molar refractivity (Wildman–Crippen MR) is 79.1 cm³/mol. The lowest BCUT2D eigenvalue weighted by Gasteiger charge is -2.12. The van der Waals surface area contributed by atoms with Gasteiger partial charge in [-0.1, -0.05) is 17.0 Å². The van der Waals surface area contributed by atoms with Gasteiger partial charge in [0.1, 0.15) is 12.2 Å². The van der Waals surface area contributed by atoms with Crippen LogP contribution in [0.3, 0.4) is 0 Å². The third-order valence-corrected chi connectivity index (χ3v) is 2.82. The molecule has 0 heterocycles. The van der Waals surface area contributed by atoms with Gasteiger partial charge in [-0.2, -0.15) is 8.42 Å². The van der Waals surface area contributed by atoms with Crippen LogP contribution < -0.4 is 5.01 Å². The van der Waals surface area contributed by atoms with Crippen molar-refractivity contribution in [2.75, 3.05) is 17.8 Å². The molecule has 8 heteroatoms. The number of nitro groups is 1. The summed E-state index contributed by atoms with van der Waals surface area (Å²) in [5.41, 5.74) is 3.08. The van der Waals surface area contributed by atoms with Crippen LogP contribution in [0.2, 0.25) is 0 Å². The molecule has 21 heavy (non-hydrogen) atoms. The molecule has 1 N–H and O–H groups in total. The second-order valence-electron chi connectivity index (χ2n) is 4.54. The van der Waals surface area contributed by atoms with Crippen molar-refractivity contribution >= 4 is 15.8 Å². The van der Waals surface area contributed by atoms with E-state index < -0.39 is 15.2 Å². The van der Waals surface area contributed by atoms with Gasteiger partial charge in [-0.05, 0) is 42.5 Å². The molecular formula is C13H16N2O5S. The maximum atomic E-state index is 10.8. The van der Waals surface area contributed by atoms with Crippen molar-refractivity contribution in [1.29, 1.82) is 0 Å². The molecule has 1 aromatic rings. The highest BCUT2D eigenvalue weighted by molar-refractivity contribution is 7.85. The number of aryl methyl sites for hydroxylation is 2. The minimum Gasteiger partial charge on any atom is -0.286 e. The lowest BCUT2D eigenvalue weighted by atomic mass is 10.1. The van der Waals surface area contributed by atoms with Crippen molar-refractivity contribution < 1.29 is 18.0 Å². The Hall–Kier alpha value is -2.11. The third kappa shape index (κ3) is 5.81. The molecular weight excluding hydrogens is 296 g/mol. The van der Waals surface area contributed by atoms with Gasteiger partial charge in [-0.15, -0.1) is 6.42 Å². The number of nitrogens with zero attached hydrogens (tertiary/aromatic N) is 2. The van der Waals surface area contributed by atoms with Gasteiger partial charge >= 0.3 is 0 Å². The van der Waals surface area contributed by atoms with Gasteiger partial charge in [-0.3, -0.25) is 4.55 Å². The molecule has 2 rings (SSSR count). The lowest BCUT2D eigenvalue weighted by molar-refractivity contribution is -0.492. The summed E-state index contributed by atoms with van der Waals surface area (Å²) in [7, 11) is -3.67. The number of terminal acetylenes is 1. The van der Waals surface area contributed by atoms with E-state index in [0.29, 0.717) is 11.9 Å². The molecule has 0 unspecified atom stereocenters. The fourth-order valence-electron chi connectivity index (χ4n) is 2.05. The number of benzene rings is 1. The monoisotopic (exact) mass is 312 g/mol. The molecule has 0 aromatic heterocycles. The fraction of sp³-hybridized carbons (Fsp3) is 0.385. The average Bonchev–Trinajstić information content (AvgIpc) is 2.80. The van der Waals surface area contributed by atoms with Gasteiger partial charge in [0.2, 0.25) is 0 Å². The van der Waals surface area contributed by atoms with Crippen LogP contribution >= 0.6 is 0 Å². The first-order valence-corrected chi connectivity index (χ1v) is 7.96. The van der Waals surface area contributed by atoms with E-state index in [1.165, 1.54) is 11.1 Å². The summed E-state index contributed by atoms with van der Waals surface area (Å²) in [6, 6.07) is 5.61. The number of hydrogen-bond acceptors (Lipinski definition) is 4. The van der Waals surface area contributed by atoms with E-state index in [-0.39, 0.29) is 6.54 Å². The Labute approximate surface area is 123 Å². The summed E-state index contributed by atoms with van der Waals surface area (Å²) in [6.07, 6.45) is 9.05. The average molecular weight is 312 g/mol. The molecule has 7 nitrogen and oxygen atoms in total. The zero-order valence-electron chi connectivity index (χ0n) is 11.5. The van der Waals surface area contributed by atoms with Crippen molar-refractivity contribution in [2.45, 2.75) is 19.3 Å². The highest BCUT2D eigenvalue weighted by Gasteiger charge is 2.19. The van der Waals surface area contributed by atoms with Gasteiger partial charge in [0, 0.05) is 0 Å². The molecule has 0 saturated heterocycles. The van der Waals surface area contributed by atoms with E-state index in [0.717, 1.165) is 24.3 Å². The van der Waals surface area contributed by atoms with E-state index in [4.69, 9.17) is 11.0 Å². The van der Waals surface area contributed by atoms with Crippen LogP contribution in [0, 0.1) is 22.5 Å². The summed E-state index contributed by atoms with van der Waals surface area (Å²) < 4.78 is 25.9. The third-order valence-electron chi connectivity index (χ3n) is 2.82. The largest absolute Gasteiger partial charge is 0.286 e. The van der Waals surface area contributed by atoms with Gasteiger partial charge in [-0.25, -0.2) is 10.1 Å². The molecule has 0 aliphatic heterocycles. The number of anilines is 1. The Morgan fingerprint density at radius 2 is 2.00 bits per heavy atom. The second kappa shape index (κ2) is 7.06. The Morgan fingerprint density at radius 1 is 1.43 bits per heavy atom. The number of fused-ring (bicyclic) bond motifs is 1. The molecule has 0 atom stereocenters. The highest BCUT2D eigenvalue weighted by Crippen LogP contribution is 2.26.